The Morgan fingerprint density at radius 2 is 1.79 bits per heavy atom. The summed E-state index contributed by atoms with van der Waals surface area (Å²) in [5.41, 5.74) is 5.72. The van der Waals surface area contributed by atoms with E-state index in [0.29, 0.717) is 17.9 Å². The van der Waals surface area contributed by atoms with Crippen LogP contribution in [0.1, 0.15) is 36.0 Å². The Morgan fingerprint density at radius 3 is 2.44 bits per heavy atom. The van der Waals surface area contributed by atoms with Crippen molar-refractivity contribution in [2.45, 2.75) is 38.1 Å². The molecule has 184 valence electrons. The van der Waals surface area contributed by atoms with Crippen molar-refractivity contribution in [3.8, 4) is 17.2 Å². The molecule has 0 saturated heterocycles. The van der Waals surface area contributed by atoms with E-state index in [1.54, 1.807) is 24.3 Å². The van der Waals surface area contributed by atoms with E-state index in [4.69, 9.17) is 15.2 Å². The number of halogens is 3. The van der Waals surface area contributed by atoms with Crippen LogP contribution in [0.25, 0.3) is 0 Å². The molecule has 0 bridgehead atoms. The van der Waals surface area contributed by atoms with Crippen molar-refractivity contribution in [1.82, 2.24) is 5.32 Å². The Morgan fingerprint density at radius 1 is 1.06 bits per heavy atom. The molecule has 2 aromatic carbocycles. The van der Waals surface area contributed by atoms with Gasteiger partial charge >= 0.3 is 12.4 Å². The van der Waals surface area contributed by atoms with E-state index >= 15 is 0 Å². The van der Waals surface area contributed by atoms with E-state index in [1.807, 2.05) is 0 Å². The lowest BCUT2D eigenvalue weighted by Crippen LogP contribution is -2.40. The minimum atomic E-state index is -4.85. The second-order valence-electron chi connectivity index (χ2n) is 7.93. The van der Waals surface area contributed by atoms with E-state index in [-0.39, 0.29) is 23.4 Å². The Labute approximate surface area is 194 Å². The molecule has 1 saturated carbocycles. The average molecular weight is 481 g/mol. The maximum atomic E-state index is 12.5. The molecule has 11 heteroatoms. The standard InChI is InChI=1S/C23H26F3N3O5/c1-32-20-10-9-18(34-23(24,25)26)12-19(20)29-22(31)28-16-7-5-14(6-8-16)13-33-17-4-2-3-15(11-17)21(27)30/h2-4,9-12,14,16H,5-8,13H2,1H3,(H2,27,30)(H2,28,29,31). The zero-order valence-electron chi connectivity index (χ0n) is 18.5. The molecule has 3 rings (SSSR count). The number of benzene rings is 2. The highest BCUT2D eigenvalue weighted by molar-refractivity contribution is 5.93. The van der Waals surface area contributed by atoms with Gasteiger partial charge in [0.25, 0.3) is 0 Å². The van der Waals surface area contributed by atoms with Crippen LogP contribution in [-0.4, -0.2) is 38.1 Å². The van der Waals surface area contributed by atoms with Gasteiger partial charge in [-0.3, -0.25) is 4.79 Å². The SMILES string of the molecule is COc1ccc(OC(F)(F)F)cc1NC(=O)NC1CCC(COc2cccc(C(N)=O)c2)CC1. The first-order chi connectivity index (χ1) is 16.1. The number of methoxy groups -OCH3 is 1. The number of carbonyl (C=O) groups is 2. The van der Waals surface area contributed by atoms with Gasteiger partial charge in [0.15, 0.2) is 0 Å². The van der Waals surface area contributed by atoms with Crippen LogP contribution < -0.4 is 30.6 Å². The first-order valence-corrected chi connectivity index (χ1v) is 10.7. The number of anilines is 1. The van der Waals surface area contributed by atoms with Gasteiger partial charge in [-0.25, -0.2) is 4.79 Å². The molecule has 2 aromatic rings. The highest BCUT2D eigenvalue weighted by Gasteiger charge is 2.31. The van der Waals surface area contributed by atoms with Crippen molar-refractivity contribution in [3.63, 3.8) is 0 Å². The van der Waals surface area contributed by atoms with Crippen molar-refractivity contribution in [2.75, 3.05) is 19.0 Å². The lowest BCUT2D eigenvalue weighted by Gasteiger charge is -2.29. The van der Waals surface area contributed by atoms with Crippen LogP contribution in [0.4, 0.5) is 23.7 Å². The van der Waals surface area contributed by atoms with Gasteiger partial charge in [0.05, 0.1) is 19.4 Å². The third-order valence-electron chi connectivity index (χ3n) is 5.44. The minimum Gasteiger partial charge on any atom is -0.495 e. The van der Waals surface area contributed by atoms with Gasteiger partial charge in [-0.1, -0.05) is 6.07 Å². The fourth-order valence-corrected chi connectivity index (χ4v) is 3.75. The smallest absolute Gasteiger partial charge is 0.495 e. The number of primary amides is 1. The molecule has 3 amide bonds. The Balaban J connectivity index is 1.47. The lowest BCUT2D eigenvalue weighted by atomic mass is 9.86. The van der Waals surface area contributed by atoms with E-state index < -0.39 is 24.1 Å². The number of hydrogen-bond donors (Lipinski definition) is 3. The first-order valence-electron chi connectivity index (χ1n) is 10.7. The third kappa shape index (κ3) is 7.46. The van der Waals surface area contributed by atoms with Crippen molar-refractivity contribution < 1.29 is 37.0 Å². The number of urea groups is 1. The van der Waals surface area contributed by atoms with Gasteiger partial charge in [-0.15, -0.1) is 13.2 Å². The third-order valence-corrected chi connectivity index (χ3v) is 5.44. The largest absolute Gasteiger partial charge is 0.573 e. The summed E-state index contributed by atoms with van der Waals surface area (Å²) in [6.45, 7) is 0.477. The molecule has 0 atom stereocenters. The van der Waals surface area contributed by atoms with Crippen molar-refractivity contribution in [3.05, 3.63) is 48.0 Å². The van der Waals surface area contributed by atoms with Gasteiger partial charge in [0.1, 0.15) is 17.2 Å². The van der Waals surface area contributed by atoms with E-state index in [1.165, 1.54) is 13.2 Å². The van der Waals surface area contributed by atoms with Crippen LogP contribution in [0.15, 0.2) is 42.5 Å². The van der Waals surface area contributed by atoms with E-state index in [0.717, 1.165) is 37.8 Å². The summed E-state index contributed by atoms with van der Waals surface area (Å²) < 4.78 is 52.2. The molecule has 34 heavy (non-hydrogen) atoms. The lowest BCUT2D eigenvalue weighted by molar-refractivity contribution is -0.274. The maximum Gasteiger partial charge on any atom is 0.573 e. The number of nitrogens with one attached hydrogen (secondary N) is 2. The van der Waals surface area contributed by atoms with Crippen LogP contribution in [0.3, 0.4) is 0 Å². The molecule has 1 aliphatic carbocycles. The quantitative estimate of drug-likeness (QED) is 0.516. The molecule has 1 fully saturated rings. The topological polar surface area (TPSA) is 112 Å². The molecule has 0 radical (unpaired) electrons. The Bertz CT molecular complexity index is 1010. The summed E-state index contributed by atoms with van der Waals surface area (Å²) in [5.74, 6) is 0.0696. The molecule has 8 nitrogen and oxygen atoms in total. The van der Waals surface area contributed by atoms with Crippen molar-refractivity contribution >= 4 is 17.6 Å². The first kappa shape index (κ1) is 25.0. The summed E-state index contributed by atoms with van der Waals surface area (Å²) in [4.78, 5) is 23.7. The van der Waals surface area contributed by atoms with Gasteiger partial charge in [-0.05, 0) is 61.9 Å². The van der Waals surface area contributed by atoms with E-state index in [9.17, 15) is 22.8 Å². The zero-order valence-corrected chi connectivity index (χ0v) is 18.5. The summed E-state index contributed by atoms with van der Waals surface area (Å²) in [6, 6.07) is 9.47. The number of ether oxygens (including phenoxy) is 3. The molecule has 0 heterocycles. The number of alkyl halides is 3. The summed E-state index contributed by atoms with van der Waals surface area (Å²) >= 11 is 0. The summed E-state index contributed by atoms with van der Waals surface area (Å²) in [5, 5.41) is 5.36. The molecule has 0 spiro atoms. The highest BCUT2D eigenvalue weighted by atomic mass is 19.4. The number of carbonyl (C=O) groups excluding carboxylic acids is 2. The molecular weight excluding hydrogens is 455 g/mol. The minimum absolute atomic E-state index is 0.0574. The average Bonchev–Trinajstić information content (AvgIpc) is 2.78. The van der Waals surface area contributed by atoms with Crippen LogP contribution in [0, 0.1) is 5.92 Å². The van der Waals surface area contributed by atoms with E-state index in [2.05, 4.69) is 15.4 Å². The monoisotopic (exact) mass is 481 g/mol. The van der Waals surface area contributed by atoms with Gasteiger partial charge in [-0.2, -0.15) is 0 Å². The normalized spacial score (nSPS) is 18.0. The second kappa shape index (κ2) is 11.0. The molecule has 4 N–H and O–H groups in total. The van der Waals surface area contributed by atoms with Crippen LogP contribution in [0.5, 0.6) is 17.2 Å². The fraction of sp³-hybridized carbons (Fsp3) is 0.391. The predicted molar refractivity (Wildman–Crippen MR) is 118 cm³/mol. The second-order valence-corrected chi connectivity index (χ2v) is 7.93. The van der Waals surface area contributed by atoms with Gasteiger partial charge in [0.2, 0.25) is 5.91 Å². The Kier molecular flexibility index (Phi) is 8.08. The molecule has 1 aliphatic rings. The van der Waals surface area contributed by atoms with Crippen LogP contribution in [0.2, 0.25) is 0 Å². The number of amides is 3. The molecular formula is C23H26F3N3O5. The van der Waals surface area contributed by atoms with Crippen molar-refractivity contribution in [2.24, 2.45) is 11.7 Å². The predicted octanol–water partition coefficient (Wildman–Crippen LogP) is 4.45. The Hall–Kier alpha value is -3.63. The van der Waals surface area contributed by atoms with Gasteiger partial charge in [0, 0.05) is 17.7 Å². The highest BCUT2D eigenvalue weighted by Crippen LogP contribution is 2.32. The summed E-state index contributed by atoms with van der Waals surface area (Å²) in [7, 11) is 1.34. The number of hydrogen-bond acceptors (Lipinski definition) is 5. The maximum absolute atomic E-state index is 12.5. The van der Waals surface area contributed by atoms with Crippen molar-refractivity contribution in [1.29, 1.82) is 0 Å². The number of rotatable bonds is 8. The fourth-order valence-electron chi connectivity index (χ4n) is 3.75. The van der Waals surface area contributed by atoms with Crippen LogP contribution in [-0.2, 0) is 0 Å². The molecule has 0 unspecified atom stereocenters. The summed E-state index contributed by atoms with van der Waals surface area (Å²) in [6.07, 6.45) is -1.77. The molecule has 0 aliphatic heterocycles. The number of nitrogens with two attached hydrogens (primary N) is 1. The van der Waals surface area contributed by atoms with Crippen LogP contribution >= 0.6 is 0 Å². The molecule has 0 aromatic heterocycles. The zero-order chi connectivity index (χ0) is 24.7. The van der Waals surface area contributed by atoms with Gasteiger partial charge < -0.3 is 30.6 Å².